The zero-order valence-corrected chi connectivity index (χ0v) is 18.5. The molecule has 0 radical (unpaired) electrons. The average Bonchev–Trinajstić information content (AvgIpc) is 3.19. The lowest BCUT2D eigenvalue weighted by molar-refractivity contribution is 0.0581. The maximum Gasteiger partial charge on any atom is 0.360 e. The first kappa shape index (κ1) is 23.5. The molecule has 1 aromatic carbocycles. The van der Waals surface area contributed by atoms with Crippen LogP contribution in [0.15, 0.2) is 48.7 Å². The van der Waals surface area contributed by atoms with Gasteiger partial charge in [-0.05, 0) is 30.7 Å². The normalized spacial score (nSPS) is 10.4. The number of rotatable bonds is 9. The summed E-state index contributed by atoms with van der Waals surface area (Å²) in [4.78, 5) is 42.5. The Morgan fingerprint density at radius 3 is 2.39 bits per heavy atom. The molecule has 2 heterocycles. The molecule has 0 unspecified atom stereocenters. The van der Waals surface area contributed by atoms with Gasteiger partial charge in [0.1, 0.15) is 11.4 Å². The fourth-order valence-electron chi connectivity index (χ4n) is 3.06. The molecule has 0 saturated heterocycles. The molecule has 3 aromatic rings. The smallest absolute Gasteiger partial charge is 0.360 e. The molecule has 33 heavy (non-hydrogen) atoms. The fourth-order valence-corrected chi connectivity index (χ4v) is 3.06. The standard InChI is InChI=1S/C23H24N4O6/c1-4-13-33-17-11-6-5-10-16(17)21(28)25-18-19(22(29)31-2)26-27(20(18)23(30)32-3)14-15-9-7-8-12-24-15/h5-12H,4,13-14H2,1-3H3,(H,25,28). The van der Waals surface area contributed by atoms with Crippen molar-refractivity contribution in [3.05, 3.63) is 71.3 Å². The van der Waals surface area contributed by atoms with Crippen molar-refractivity contribution < 1.29 is 28.6 Å². The first-order chi connectivity index (χ1) is 16.0. The van der Waals surface area contributed by atoms with Crippen LogP contribution in [0.2, 0.25) is 0 Å². The molecule has 0 bridgehead atoms. The summed E-state index contributed by atoms with van der Waals surface area (Å²) in [5.74, 6) is -1.84. The third-order valence-electron chi connectivity index (χ3n) is 4.58. The Hall–Kier alpha value is -4.21. The number of hydrogen-bond acceptors (Lipinski definition) is 8. The van der Waals surface area contributed by atoms with E-state index in [1.54, 1.807) is 48.7 Å². The summed E-state index contributed by atoms with van der Waals surface area (Å²) in [5, 5.41) is 6.84. The molecule has 0 aliphatic heterocycles. The Balaban J connectivity index is 2.07. The van der Waals surface area contributed by atoms with Gasteiger partial charge in [0.2, 0.25) is 0 Å². The molecule has 0 aliphatic carbocycles. The molecule has 1 amide bonds. The summed E-state index contributed by atoms with van der Waals surface area (Å²) in [7, 11) is 2.37. The van der Waals surface area contributed by atoms with Crippen LogP contribution in [-0.2, 0) is 16.0 Å². The van der Waals surface area contributed by atoms with Crippen molar-refractivity contribution in [3.63, 3.8) is 0 Å². The Kier molecular flexibility index (Phi) is 7.74. The van der Waals surface area contributed by atoms with Crippen molar-refractivity contribution in [2.24, 2.45) is 0 Å². The number of methoxy groups -OCH3 is 2. The number of amides is 1. The Labute approximate surface area is 190 Å². The first-order valence-corrected chi connectivity index (χ1v) is 10.2. The number of benzene rings is 1. The van der Waals surface area contributed by atoms with Crippen LogP contribution in [0, 0.1) is 0 Å². The quantitative estimate of drug-likeness (QED) is 0.492. The molecule has 1 N–H and O–H groups in total. The van der Waals surface area contributed by atoms with E-state index in [0.29, 0.717) is 18.1 Å². The van der Waals surface area contributed by atoms with Crippen LogP contribution in [0.4, 0.5) is 5.69 Å². The SMILES string of the molecule is CCCOc1ccccc1C(=O)Nc1c(C(=O)OC)nn(Cc2ccccn2)c1C(=O)OC. The van der Waals surface area contributed by atoms with Crippen molar-refractivity contribution in [2.45, 2.75) is 19.9 Å². The van der Waals surface area contributed by atoms with Crippen molar-refractivity contribution in [2.75, 3.05) is 26.1 Å². The van der Waals surface area contributed by atoms with E-state index in [-0.39, 0.29) is 29.2 Å². The van der Waals surface area contributed by atoms with E-state index in [4.69, 9.17) is 14.2 Å². The summed E-state index contributed by atoms with van der Waals surface area (Å²) >= 11 is 0. The van der Waals surface area contributed by atoms with Gasteiger partial charge in [-0.2, -0.15) is 5.10 Å². The maximum absolute atomic E-state index is 13.1. The van der Waals surface area contributed by atoms with Gasteiger partial charge in [0, 0.05) is 6.20 Å². The minimum atomic E-state index is -0.828. The molecular formula is C23H24N4O6. The monoisotopic (exact) mass is 452 g/mol. The second-order valence-electron chi connectivity index (χ2n) is 6.83. The Morgan fingerprint density at radius 1 is 1.00 bits per heavy atom. The number of aromatic nitrogens is 3. The molecular weight excluding hydrogens is 428 g/mol. The predicted molar refractivity (Wildman–Crippen MR) is 118 cm³/mol. The van der Waals surface area contributed by atoms with E-state index in [0.717, 1.165) is 6.42 Å². The molecule has 0 spiro atoms. The number of pyridine rings is 1. The number of para-hydroxylation sites is 1. The van der Waals surface area contributed by atoms with Gasteiger partial charge in [-0.3, -0.25) is 9.78 Å². The lowest BCUT2D eigenvalue weighted by Crippen LogP contribution is -2.19. The third-order valence-corrected chi connectivity index (χ3v) is 4.58. The van der Waals surface area contributed by atoms with Crippen LogP contribution in [0.25, 0.3) is 0 Å². The van der Waals surface area contributed by atoms with Crippen LogP contribution in [0.3, 0.4) is 0 Å². The van der Waals surface area contributed by atoms with E-state index in [1.807, 2.05) is 6.92 Å². The Bertz CT molecular complexity index is 1140. The Morgan fingerprint density at radius 2 is 1.73 bits per heavy atom. The highest BCUT2D eigenvalue weighted by Gasteiger charge is 2.30. The van der Waals surface area contributed by atoms with E-state index < -0.39 is 17.8 Å². The summed E-state index contributed by atoms with van der Waals surface area (Å²) in [6.07, 6.45) is 2.35. The second kappa shape index (κ2) is 10.9. The number of carbonyl (C=O) groups excluding carboxylic acids is 3. The zero-order valence-electron chi connectivity index (χ0n) is 18.5. The van der Waals surface area contributed by atoms with Crippen LogP contribution < -0.4 is 10.1 Å². The van der Waals surface area contributed by atoms with Gasteiger partial charge in [0.15, 0.2) is 11.4 Å². The molecule has 0 saturated carbocycles. The largest absolute Gasteiger partial charge is 0.493 e. The lowest BCUT2D eigenvalue weighted by atomic mass is 10.1. The van der Waals surface area contributed by atoms with Gasteiger partial charge in [0.25, 0.3) is 5.91 Å². The summed E-state index contributed by atoms with van der Waals surface area (Å²) in [6.45, 7) is 2.43. The van der Waals surface area contributed by atoms with Gasteiger partial charge < -0.3 is 19.5 Å². The minimum absolute atomic E-state index is 0.0569. The minimum Gasteiger partial charge on any atom is -0.493 e. The molecule has 0 atom stereocenters. The highest BCUT2D eigenvalue weighted by Crippen LogP contribution is 2.26. The van der Waals surface area contributed by atoms with Crippen LogP contribution in [0.1, 0.15) is 50.4 Å². The predicted octanol–water partition coefficient (Wildman–Crippen LogP) is 2.94. The summed E-state index contributed by atoms with van der Waals surface area (Å²) < 4.78 is 16.6. The summed E-state index contributed by atoms with van der Waals surface area (Å²) in [6, 6.07) is 11.9. The highest BCUT2D eigenvalue weighted by atomic mass is 16.5. The van der Waals surface area contributed by atoms with Crippen molar-refractivity contribution in [3.8, 4) is 5.75 Å². The molecule has 3 rings (SSSR count). The zero-order chi connectivity index (χ0) is 23.8. The van der Waals surface area contributed by atoms with Gasteiger partial charge in [0.05, 0.1) is 38.6 Å². The number of carbonyl (C=O) groups is 3. The number of nitrogens with one attached hydrogen (secondary N) is 1. The van der Waals surface area contributed by atoms with E-state index in [9.17, 15) is 14.4 Å². The molecule has 172 valence electrons. The molecule has 10 heteroatoms. The fraction of sp³-hybridized carbons (Fsp3) is 0.261. The number of ether oxygens (including phenoxy) is 3. The lowest BCUT2D eigenvalue weighted by Gasteiger charge is -2.12. The van der Waals surface area contributed by atoms with Crippen molar-refractivity contribution in [1.82, 2.24) is 14.8 Å². The van der Waals surface area contributed by atoms with Crippen LogP contribution >= 0.6 is 0 Å². The summed E-state index contributed by atoms with van der Waals surface area (Å²) in [5.41, 5.74) is 0.325. The number of anilines is 1. The number of nitrogens with zero attached hydrogens (tertiary/aromatic N) is 3. The average molecular weight is 452 g/mol. The van der Waals surface area contributed by atoms with E-state index >= 15 is 0 Å². The van der Waals surface area contributed by atoms with Gasteiger partial charge >= 0.3 is 11.9 Å². The molecule has 10 nitrogen and oxygen atoms in total. The highest BCUT2D eigenvalue weighted by molar-refractivity contribution is 6.12. The molecule has 2 aromatic heterocycles. The first-order valence-electron chi connectivity index (χ1n) is 10.2. The maximum atomic E-state index is 13.1. The van der Waals surface area contributed by atoms with Crippen LogP contribution in [-0.4, -0.2) is 53.4 Å². The number of hydrogen-bond donors (Lipinski definition) is 1. The second-order valence-corrected chi connectivity index (χ2v) is 6.83. The molecule has 0 aliphatic rings. The number of esters is 2. The van der Waals surface area contributed by atoms with Crippen molar-refractivity contribution in [1.29, 1.82) is 0 Å². The van der Waals surface area contributed by atoms with E-state index in [2.05, 4.69) is 15.4 Å². The van der Waals surface area contributed by atoms with Gasteiger partial charge in [-0.1, -0.05) is 25.1 Å². The van der Waals surface area contributed by atoms with Crippen LogP contribution in [0.5, 0.6) is 5.75 Å². The molecule has 0 fully saturated rings. The van der Waals surface area contributed by atoms with Crippen molar-refractivity contribution >= 4 is 23.5 Å². The van der Waals surface area contributed by atoms with Gasteiger partial charge in [-0.15, -0.1) is 0 Å². The topological polar surface area (TPSA) is 122 Å². The van der Waals surface area contributed by atoms with Gasteiger partial charge in [-0.25, -0.2) is 14.3 Å². The third kappa shape index (κ3) is 5.35. The van der Waals surface area contributed by atoms with E-state index in [1.165, 1.54) is 18.9 Å².